The number of hydrogen-bond donors (Lipinski definition) is 0. The van der Waals surface area contributed by atoms with Crippen LogP contribution in [0.1, 0.15) is 0 Å². The number of aromatic nitrogens is 1. The summed E-state index contributed by atoms with van der Waals surface area (Å²) in [6, 6.07) is 83.6. The van der Waals surface area contributed by atoms with Gasteiger partial charge in [0.25, 0.3) is 0 Å². The lowest BCUT2D eigenvalue weighted by atomic mass is 9.97. The second-order valence-corrected chi connectivity index (χ2v) is 19.8. The Kier molecular flexibility index (Phi) is 8.33. The van der Waals surface area contributed by atoms with Crippen molar-refractivity contribution in [3.05, 3.63) is 224 Å². The highest BCUT2D eigenvalue weighted by Crippen LogP contribution is 2.40. The molecular formula is C60H39NSSi. The van der Waals surface area contributed by atoms with Crippen LogP contribution < -0.4 is 10.4 Å². The van der Waals surface area contributed by atoms with Crippen molar-refractivity contribution < 1.29 is 0 Å². The quantitative estimate of drug-likeness (QED) is 0.147. The van der Waals surface area contributed by atoms with Gasteiger partial charge in [0.2, 0.25) is 0 Å². The molecule has 1 aliphatic heterocycles. The number of fused-ring (bicyclic) bond motifs is 9. The van der Waals surface area contributed by atoms with Gasteiger partial charge in [-0.25, -0.2) is 0 Å². The van der Waals surface area contributed by atoms with Gasteiger partial charge in [0.1, 0.15) is 0 Å². The molecule has 3 heterocycles. The molecule has 294 valence electrons. The maximum atomic E-state index is 2.50. The van der Waals surface area contributed by atoms with E-state index in [1.165, 1.54) is 125 Å². The van der Waals surface area contributed by atoms with E-state index in [1.807, 2.05) is 11.3 Å². The molecule has 0 bridgehead atoms. The van der Waals surface area contributed by atoms with Crippen LogP contribution in [-0.2, 0) is 0 Å². The molecular weight excluding hydrogens is 795 g/mol. The summed E-state index contributed by atoms with van der Waals surface area (Å²) in [5, 5.41) is 8.27. The first kappa shape index (κ1) is 36.1. The molecule has 0 fully saturated rings. The Balaban J connectivity index is 0.896. The molecule has 0 amide bonds. The number of hydrogen-bond acceptors (Lipinski definition) is 1. The van der Waals surface area contributed by atoms with Gasteiger partial charge in [-0.15, -0.1) is 11.3 Å². The first-order valence-electron chi connectivity index (χ1n) is 21.8. The Labute approximate surface area is 372 Å². The Morgan fingerprint density at radius 2 is 0.698 bits per heavy atom. The minimum Gasteiger partial charge on any atom is -0.309 e. The van der Waals surface area contributed by atoms with Gasteiger partial charge in [-0.2, -0.15) is 0 Å². The van der Waals surface area contributed by atoms with E-state index in [4.69, 9.17) is 0 Å². The van der Waals surface area contributed by atoms with Crippen molar-refractivity contribution in [2.45, 2.75) is 0 Å². The maximum Gasteiger partial charge on any atom is 0.0892 e. The van der Waals surface area contributed by atoms with Gasteiger partial charge in [0, 0.05) is 36.6 Å². The largest absolute Gasteiger partial charge is 0.309 e. The lowest BCUT2D eigenvalue weighted by Crippen LogP contribution is -2.21. The third-order valence-electron chi connectivity index (χ3n) is 13.2. The zero-order chi connectivity index (χ0) is 41.4. The number of benzene rings is 10. The summed E-state index contributed by atoms with van der Waals surface area (Å²) in [5.74, 6) is 0. The van der Waals surface area contributed by atoms with E-state index in [1.54, 1.807) is 0 Å². The first-order valence-corrected chi connectivity index (χ1v) is 24.0. The molecule has 0 unspecified atom stereocenters. The number of thiophene rings is 1. The van der Waals surface area contributed by atoms with E-state index >= 15 is 0 Å². The fraction of sp³-hybridized carbons (Fsp3) is 0. The molecule has 0 atom stereocenters. The molecule has 0 saturated carbocycles. The van der Waals surface area contributed by atoms with Gasteiger partial charge >= 0.3 is 0 Å². The van der Waals surface area contributed by atoms with Crippen LogP contribution in [0.25, 0.3) is 114 Å². The molecule has 0 radical (unpaired) electrons. The van der Waals surface area contributed by atoms with Crippen molar-refractivity contribution in [3.8, 4) is 72.4 Å². The van der Waals surface area contributed by atoms with Gasteiger partial charge in [-0.3, -0.25) is 0 Å². The van der Waals surface area contributed by atoms with E-state index in [0.29, 0.717) is 0 Å². The second-order valence-electron chi connectivity index (χ2n) is 16.9. The zero-order valence-corrected chi connectivity index (χ0v) is 36.7. The van der Waals surface area contributed by atoms with Crippen molar-refractivity contribution >= 4 is 73.2 Å². The van der Waals surface area contributed by atoms with E-state index in [2.05, 4.69) is 229 Å². The summed E-state index contributed by atoms with van der Waals surface area (Å²) in [4.78, 5) is 0. The smallest absolute Gasteiger partial charge is 0.0892 e. The topological polar surface area (TPSA) is 4.93 Å². The van der Waals surface area contributed by atoms with Gasteiger partial charge in [0.15, 0.2) is 0 Å². The van der Waals surface area contributed by atoms with Gasteiger partial charge < -0.3 is 4.57 Å². The highest BCUT2D eigenvalue weighted by Gasteiger charge is 2.22. The third kappa shape index (κ3) is 6.12. The number of rotatable bonds is 6. The molecule has 0 N–H and O–H groups in total. The maximum absolute atomic E-state index is 2.50. The SMILES string of the molecule is c1ccc(-c2ccc(-c3ccc4c(c3)c3cc(-c5ccc(-c6ccccc6)cc5)ccc3n4-c3ccc4c(c3)[SiH2]c3cc(-c5ccc6sc7ccccc7c6c5)ccc3-4)cc2)cc1. The molecule has 3 heteroatoms. The summed E-state index contributed by atoms with van der Waals surface area (Å²) in [6.45, 7) is 0. The standard InChI is InChI=1S/C60H39NSSi/c1-3-9-38(10-4-1)40-15-19-42(20-16-40)44-24-30-55-52(33-44)53-34-45(43-21-17-41(18-22-43)39-11-5-2-6-12-39)25-31-56(53)61(55)48-27-29-51-50-28-23-47(36-59(50)63-60(51)37-48)46-26-32-58-54(35-46)49-13-7-8-14-57(49)62-58/h1-37H,63H2. The average molecular weight is 834 g/mol. The van der Waals surface area contributed by atoms with Crippen LogP contribution in [0.5, 0.6) is 0 Å². The van der Waals surface area contributed by atoms with Gasteiger partial charge in [-0.1, -0.05) is 180 Å². The molecule has 2 aromatic heterocycles. The minimum atomic E-state index is -0.703. The van der Waals surface area contributed by atoms with E-state index in [0.717, 1.165) is 0 Å². The molecule has 63 heavy (non-hydrogen) atoms. The lowest BCUT2D eigenvalue weighted by Gasteiger charge is -2.11. The Hall–Kier alpha value is -7.56. The normalized spacial score (nSPS) is 12.4. The fourth-order valence-corrected chi connectivity index (χ4v) is 13.2. The molecule has 0 aliphatic carbocycles. The van der Waals surface area contributed by atoms with E-state index in [9.17, 15) is 0 Å². The Morgan fingerprint density at radius 1 is 0.286 bits per heavy atom. The summed E-state index contributed by atoms with van der Waals surface area (Å²) < 4.78 is 5.20. The van der Waals surface area contributed by atoms with E-state index in [-0.39, 0.29) is 0 Å². The lowest BCUT2D eigenvalue weighted by molar-refractivity contribution is 1.18. The van der Waals surface area contributed by atoms with Crippen LogP contribution in [0.15, 0.2) is 224 Å². The van der Waals surface area contributed by atoms with Crippen LogP contribution in [-0.4, -0.2) is 14.1 Å². The van der Waals surface area contributed by atoms with Gasteiger partial charge in [-0.05, 0) is 121 Å². The monoisotopic (exact) mass is 833 g/mol. The summed E-state index contributed by atoms with van der Waals surface area (Å²) in [6.07, 6.45) is 0. The molecule has 0 spiro atoms. The fourth-order valence-electron chi connectivity index (χ4n) is 10.1. The second kappa shape index (κ2) is 14.5. The Bertz CT molecular complexity index is 3590. The Morgan fingerprint density at radius 3 is 1.32 bits per heavy atom. The molecule has 10 aromatic carbocycles. The van der Waals surface area contributed by atoms with Crippen molar-refractivity contribution in [2.24, 2.45) is 0 Å². The van der Waals surface area contributed by atoms with Crippen LogP contribution in [0, 0.1) is 0 Å². The first-order chi connectivity index (χ1) is 31.2. The van der Waals surface area contributed by atoms with Crippen molar-refractivity contribution in [3.63, 3.8) is 0 Å². The highest BCUT2D eigenvalue weighted by molar-refractivity contribution is 7.25. The minimum absolute atomic E-state index is 0.703. The summed E-state index contributed by atoms with van der Waals surface area (Å²) in [7, 11) is -0.703. The molecule has 0 saturated heterocycles. The molecule has 1 nitrogen and oxygen atoms in total. The predicted molar refractivity (Wildman–Crippen MR) is 274 cm³/mol. The molecule has 13 rings (SSSR count). The zero-order valence-electron chi connectivity index (χ0n) is 34.4. The van der Waals surface area contributed by atoms with Crippen molar-refractivity contribution in [2.75, 3.05) is 0 Å². The van der Waals surface area contributed by atoms with Gasteiger partial charge in [0.05, 0.1) is 20.6 Å². The predicted octanol–water partition coefficient (Wildman–Crippen LogP) is 14.6. The van der Waals surface area contributed by atoms with Crippen LogP contribution in [0.4, 0.5) is 0 Å². The molecule has 1 aliphatic rings. The van der Waals surface area contributed by atoms with E-state index < -0.39 is 9.52 Å². The van der Waals surface area contributed by atoms with Crippen LogP contribution >= 0.6 is 11.3 Å². The van der Waals surface area contributed by atoms with Crippen LogP contribution in [0.3, 0.4) is 0 Å². The van der Waals surface area contributed by atoms with Crippen LogP contribution in [0.2, 0.25) is 0 Å². The number of nitrogens with zero attached hydrogens (tertiary/aromatic N) is 1. The average Bonchev–Trinajstić information content (AvgIpc) is 4.02. The highest BCUT2D eigenvalue weighted by atomic mass is 32.1. The summed E-state index contributed by atoms with van der Waals surface area (Å²) >= 11 is 1.88. The third-order valence-corrected chi connectivity index (χ3v) is 16.3. The molecule has 12 aromatic rings. The van der Waals surface area contributed by atoms with Crippen molar-refractivity contribution in [1.29, 1.82) is 0 Å². The van der Waals surface area contributed by atoms with Crippen molar-refractivity contribution in [1.82, 2.24) is 4.57 Å². The summed E-state index contributed by atoms with van der Waals surface area (Å²) in [5.41, 5.74) is 18.9.